The van der Waals surface area contributed by atoms with Crippen LogP contribution in [0.1, 0.15) is 25.0 Å². The maximum absolute atomic E-state index is 14.2. The molecular weight excluding hydrogens is 311 g/mol. The van der Waals surface area contributed by atoms with Gasteiger partial charge in [0.2, 0.25) is 5.91 Å². The van der Waals surface area contributed by atoms with Gasteiger partial charge in [-0.15, -0.1) is 0 Å². The van der Waals surface area contributed by atoms with E-state index in [9.17, 15) is 9.18 Å². The predicted octanol–water partition coefficient (Wildman–Crippen LogP) is 2.22. The molecule has 2 saturated heterocycles. The van der Waals surface area contributed by atoms with Crippen molar-refractivity contribution in [2.45, 2.75) is 37.6 Å². The number of nitrogens with one attached hydrogen (secondary N) is 1. The Morgan fingerprint density at radius 1 is 1.50 bits per heavy atom. The number of pyridine rings is 1. The van der Waals surface area contributed by atoms with E-state index in [1.807, 2.05) is 19.1 Å². The van der Waals surface area contributed by atoms with Crippen LogP contribution in [0.2, 0.25) is 0 Å². The van der Waals surface area contributed by atoms with Crippen LogP contribution < -0.4 is 5.32 Å². The molecule has 2 aromatic rings. The molecule has 2 fully saturated rings. The summed E-state index contributed by atoms with van der Waals surface area (Å²) in [6.45, 7) is 1.88. The Morgan fingerprint density at radius 3 is 3.04 bits per heavy atom. The Hall–Kier alpha value is -2.28. The third-order valence-electron chi connectivity index (χ3n) is 4.86. The first kappa shape index (κ1) is 15.3. The first-order valence-corrected chi connectivity index (χ1v) is 8.05. The molecule has 7 heteroatoms. The first-order valence-electron chi connectivity index (χ1n) is 8.05. The number of fused-ring (bicyclic) bond motifs is 2. The average Bonchev–Trinajstić information content (AvgIpc) is 3.21. The number of carbonyl (C=O) groups is 1. The standard InChI is InChI=1S/C17H19FN4O2.H2/c1-9-7-10(3-5-19-9)14-15(12-8-11(18)16(14)24-12)17(23)20-13-4-6-22(2)21-13;/h3-7,11-12,14-16H,8H2,1-2H3,(H,20,21,23);1H/t11-,12-,14-,15+,16+;/m1./s1. The minimum absolute atomic E-state index is 0. The van der Waals surface area contributed by atoms with Crippen molar-refractivity contribution in [2.24, 2.45) is 13.0 Å². The quantitative estimate of drug-likeness (QED) is 0.936. The number of hydrogen-bond acceptors (Lipinski definition) is 4. The van der Waals surface area contributed by atoms with Crippen LogP contribution in [0.4, 0.5) is 10.2 Å². The number of carbonyl (C=O) groups excluding carboxylic acids is 1. The number of hydrogen-bond donors (Lipinski definition) is 1. The van der Waals surface area contributed by atoms with Gasteiger partial charge in [0.1, 0.15) is 6.17 Å². The first-order chi connectivity index (χ1) is 11.5. The van der Waals surface area contributed by atoms with Crippen molar-refractivity contribution in [3.05, 3.63) is 41.9 Å². The zero-order valence-corrected chi connectivity index (χ0v) is 13.5. The van der Waals surface area contributed by atoms with Crippen molar-refractivity contribution in [2.75, 3.05) is 5.32 Å². The number of alkyl halides is 1. The second-order valence-corrected chi connectivity index (χ2v) is 6.54. The lowest BCUT2D eigenvalue weighted by Crippen LogP contribution is -2.39. The van der Waals surface area contributed by atoms with Crippen molar-refractivity contribution in [1.29, 1.82) is 0 Å². The summed E-state index contributed by atoms with van der Waals surface area (Å²) in [5.74, 6) is -0.408. The highest BCUT2D eigenvalue weighted by Crippen LogP contribution is 2.50. The van der Waals surface area contributed by atoms with Crippen molar-refractivity contribution < 1.29 is 15.3 Å². The fourth-order valence-corrected chi connectivity index (χ4v) is 3.87. The molecule has 0 spiro atoms. The number of anilines is 1. The third kappa shape index (κ3) is 2.49. The molecule has 0 radical (unpaired) electrons. The fourth-order valence-electron chi connectivity index (χ4n) is 3.87. The van der Waals surface area contributed by atoms with Crippen LogP contribution in [-0.2, 0) is 16.6 Å². The Bertz CT molecular complexity index is 784. The average molecular weight is 332 g/mol. The molecule has 0 saturated carbocycles. The normalized spacial score (nSPS) is 31.4. The number of aryl methyl sites for hydroxylation is 2. The summed E-state index contributed by atoms with van der Waals surface area (Å²) >= 11 is 0. The molecule has 2 bridgehead atoms. The van der Waals surface area contributed by atoms with Gasteiger partial charge in [-0.05, 0) is 24.6 Å². The third-order valence-corrected chi connectivity index (χ3v) is 4.86. The molecule has 128 valence electrons. The lowest BCUT2D eigenvalue weighted by Gasteiger charge is -2.29. The van der Waals surface area contributed by atoms with Gasteiger partial charge in [0.05, 0.1) is 18.1 Å². The van der Waals surface area contributed by atoms with Crippen LogP contribution in [-0.4, -0.2) is 39.1 Å². The summed E-state index contributed by atoms with van der Waals surface area (Å²) < 4.78 is 21.6. The van der Waals surface area contributed by atoms with Crippen LogP contribution in [0.15, 0.2) is 30.6 Å². The molecule has 24 heavy (non-hydrogen) atoms. The summed E-state index contributed by atoms with van der Waals surface area (Å²) in [7, 11) is 1.78. The van der Waals surface area contributed by atoms with Crippen LogP contribution in [0.25, 0.3) is 0 Å². The zero-order chi connectivity index (χ0) is 16.8. The van der Waals surface area contributed by atoms with E-state index in [0.29, 0.717) is 5.82 Å². The number of aromatic nitrogens is 3. The van der Waals surface area contributed by atoms with Gasteiger partial charge in [-0.2, -0.15) is 5.10 Å². The van der Waals surface area contributed by atoms with Gasteiger partial charge in [-0.1, -0.05) is 0 Å². The van der Waals surface area contributed by atoms with Crippen LogP contribution in [0, 0.1) is 12.8 Å². The highest BCUT2D eigenvalue weighted by molar-refractivity contribution is 5.93. The van der Waals surface area contributed by atoms with E-state index in [0.717, 1.165) is 11.3 Å². The Labute approximate surface area is 140 Å². The number of nitrogens with zero attached hydrogens (tertiary/aromatic N) is 3. The summed E-state index contributed by atoms with van der Waals surface area (Å²) in [5, 5.41) is 7.00. The highest BCUT2D eigenvalue weighted by atomic mass is 19.1. The van der Waals surface area contributed by atoms with E-state index in [2.05, 4.69) is 15.4 Å². The smallest absolute Gasteiger partial charge is 0.232 e. The summed E-state index contributed by atoms with van der Waals surface area (Å²) in [5.41, 5.74) is 1.74. The highest BCUT2D eigenvalue weighted by Gasteiger charge is 2.57. The van der Waals surface area contributed by atoms with E-state index >= 15 is 0 Å². The number of amides is 1. The molecule has 1 N–H and O–H groups in total. The van der Waals surface area contributed by atoms with Gasteiger partial charge < -0.3 is 10.1 Å². The SMILES string of the molecule is Cc1cc([C@H]2[C@H]3O[C@H](C[C@H]3F)[C@@H]2C(=O)Nc2ccn(C)n2)ccn1.[HH]. The summed E-state index contributed by atoms with van der Waals surface area (Å²) in [4.78, 5) is 17.0. The molecule has 0 aromatic carbocycles. The molecule has 0 aliphatic carbocycles. The minimum Gasteiger partial charge on any atom is -0.370 e. The number of halogens is 1. The second-order valence-electron chi connectivity index (χ2n) is 6.54. The van der Waals surface area contributed by atoms with Gasteiger partial charge in [0.25, 0.3) is 0 Å². The molecule has 1 amide bonds. The molecular formula is C17H21FN4O2. The molecule has 2 aromatic heterocycles. The lowest BCUT2D eigenvalue weighted by molar-refractivity contribution is -0.121. The Kier molecular flexibility index (Phi) is 3.60. The van der Waals surface area contributed by atoms with Crippen LogP contribution in [0.3, 0.4) is 0 Å². The van der Waals surface area contributed by atoms with Gasteiger partial charge in [0, 0.05) is 45.0 Å². The van der Waals surface area contributed by atoms with Crippen molar-refractivity contribution in [3.8, 4) is 0 Å². The van der Waals surface area contributed by atoms with Gasteiger partial charge in [-0.25, -0.2) is 4.39 Å². The largest absolute Gasteiger partial charge is 0.370 e. The van der Waals surface area contributed by atoms with E-state index in [1.54, 1.807) is 30.2 Å². The van der Waals surface area contributed by atoms with Crippen molar-refractivity contribution in [1.82, 2.24) is 14.8 Å². The topological polar surface area (TPSA) is 69.0 Å². The van der Waals surface area contributed by atoms with E-state index < -0.39 is 24.3 Å². The van der Waals surface area contributed by atoms with Crippen molar-refractivity contribution in [3.63, 3.8) is 0 Å². The lowest BCUT2D eigenvalue weighted by atomic mass is 9.74. The molecule has 5 atom stereocenters. The molecule has 2 aliphatic rings. The summed E-state index contributed by atoms with van der Waals surface area (Å²) in [6.07, 6.45) is 1.72. The van der Waals surface area contributed by atoms with E-state index in [4.69, 9.17) is 4.74 Å². The Balaban J connectivity index is 0.00000182. The zero-order valence-electron chi connectivity index (χ0n) is 13.5. The predicted molar refractivity (Wildman–Crippen MR) is 87.3 cm³/mol. The molecule has 6 nitrogen and oxygen atoms in total. The maximum atomic E-state index is 14.2. The molecule has 4 heterocycles. The fraction of sp³-hybridized carbons (Fsp3) is 0.471. The number of rotatable bonds is 3. The number of ether oxygens (including phenoxy) is 1. The molecule has 2 aliphatic heterocycles. The van der Waals surface area contributed by atoms with Crippen LogP contribution >= 0.6 is 0 Å². The van der Waals surface area contributed by atoms with E-state index in [1.165, 1.54) is 0 Å². The Morgan fingerprint density at radius 2 is 2.33 bits per heavy atom. The van der Waals surface area contributed by atoms with Gasteiger partial charge in [0.15, 0.2) is 5.82 Å². The monoisotopic (exact) mass is 332 g/mol. The maximum Gasteiger partial charge on any atom is 0.232 e. The van der Waals surface area contributed by atoms with E-state index in [-0.39, 0.29) is 19.7 Å². The van der Waals surface area contributed by atoms with Gasteiger partial charge in [-0.3, -0.25) is 14.5 Å². The summed E-state index contributed by atoms with van der Waals surface area (Å²) in [6, 6.07) is 5.48. The van der Waals surface area contributed by atoms with Crippen molar-refractivity contribution >= 4 is 11.7 Å². The molecule has 4 rings (SSSR count). The minimum atomic E-state index is -1.03. The molecule has 0 unspecified atom stereocenters. The second kappa shape index (κ2) is 5.66. The van der Waals surface area contributed by atoms with Crippen LogP contribution in [0.5, 0.6) is 0 Å². The van der Waals surface area contributed by atoms with Gasteiger partial charge >= 0.3 is 0 Å².